The smallest absolute Gasteiger partial charge is 0.126 e. The Hall–Kier alpha value is -2.56. The molecule has 1 aliphatic heterocycles. The number of hydrogen-bond donors (Lipinski definition) is 1. The van der Waals surface area contributed by atoms with Crippen molar-refractivity contribution in [1.29, 1.82) is 0 Å². The molecule has 0 spiro atoms. The number of methoxy groups -OCH3 is 1. The first-order chi connectivity index (χ1) is 13.2. The first-order valence-corrected chi connectivity index (χ1v) is 9.45. The number of halogens is 1. The standard InChI is InChI=1S/C22H22ClN3O/c1-27-21-5-3-2-4-20(21)16-10-12-26(13-11-16)15-18-14-24-25-22(18)17-6-8-19(23)9-7-17/h2-10,14H,11-13,15H2,1H3,(H,24,25). The molecule has 3 aromatic rings. The van der Waals surface area contributed by atoms with Gasteiger partial charge in [0.05, 0.1) is 19.0 Å². The minimum absolute atomic E-state index is 0.741. The molecule has 4 nitrogen and oxygen atoms in total. The minimum Gasteiger partial charge on any atom is -0.496 e. The number of nitrogens with zero attached hydrogens (tertiary/aromatic N) is 2. The predicted octanol–water partition coefficient (Wildman–Crippen LogP) is 5.03. The Morgan fingerprint density at radius 2 is 1.96 bits per heavy atom. The molecule has 4 rings (SSSR count). The molecular formula is C22H22ClN3O. The maximum absolute atomic E-state index is 6.00. The summed E-state index contributed by atoms with van der Waals surface area (Å²) < 4.78 is 5.51. The fraction of sp³-hybridized carbons (Fsp3) is 0.227. The molecule has 1 aliphatic rings. The summed E-state index contributed by atoms with van der Waals surface area (Å²) in [5, 5.41) is 8.12. The number of nitrogens with one attached hydrogen (secondary N) is 1. The highest BCUT2D eigenvalue weighted by atomic mass is 35.5. The third-order valence-electron chi connectivity index (χ3n) is 4.99. The van der Waals surface area contributed by atoms with Crippen LogP contribution in [0.15, 0.2) is 60.8 Å². The van der Waals surface area contributed by atoms with Gasteiger partial charge >= 0.3 is 0 Å². The average molecular weight is 380 g/mol. The molecule has 5 heteroatoms. The number of benzene rings is 2. The Kier molecular flexibility index (Phi) is 5.28. The van der Waals surface area contributed by atoms with E-state index in [4.69, 9.17) is 16.3 Å². The fourth-order valence-electron chi connectivity index (χ4n) is 3.55. The first-order valence-electron chi connectivity index (χ1n) is 9.07. The minimum atomic E-state index is 0.741. The molecule has 0 amide bonds. The van der Waals surface area contributed by atoms with Gasteiger partial charge in [-0.05, 0) is 35.8 Å². The van der Waals surface area contributed by atoms with Crippen LogP contribution >= 0.6 is 11.6 Å². The summed E-state index contributed by atoms with van der Waals surface area (Å²) >= 11 is 6.00. The van der Waals surface area contributed by atoms with E-state index in [0.717, 1.165) is 48.1 Å². The van der Waals surface area contributed by atoms with Crippen LogP contribution in [0.2, 0.25) is 5.02 Å². The average Bonchev–Trinajstić information content (AvgIpc) is 3.17. The topological polar surface area (TPSA) is 41.1 Å². The summed E-state index contributed by atoms with van der Waals surface area (Å²) in [6.07, 6.45) is 5.24. The third-order valence-corrected chi connectivity index (χ3v) is 5.24. The van der Waals surface area contributed by atoms with Gasteiger partial charge in [0, 0.05) is 35.8 Å². The Bertz CT molecular complexity index is 946. The Morgan fingerprint density at radius 3 is 2.70 bits per heavy atom. The van der Waals surface area contributed by atoms with E-state index in [1.54, 1.807) is 7.11 Å². The zero-order chi connectivity index (χ0) is 18.6. The summed E-state index contributed by atoms with van der Waals surface area (Å²) in [6, 6.07) is 16.1. The summed E-state index contributed by atoms with van der Waals surface area (Å²) in [5.41, 5.74) is 5.92. The molecule has 27 heavy (non-hydrogen) atoms. The van der Waals surface area contributed by atoms with Crippen LogP contribution in [0, 0.1) is 0 Å². The summed E-state index contributed by atoms with van der Waals surface area (Å²) in [7, 11) is 1.73. The van der Waals surface area contributed by atoms with Crippen LogP contribution in [-0.2, 0) is 6.54 Å². The van der Waals surface area contributed by atoms with Crippen LogP contribution in [0.3, 0.4) is 0 Å². The second-order valence-electron chi connectivity index (χ2n) is 6.69. The molecule has 2 aromatic carbocycles. The van der Waals surface area contributed by atoms with Gasteiger partial charge in [-0.15, -0.1) is 0 Å². The number of ether oxygens (including phenoxy) is 1. The van der Waals surface area contributed by atoms with Crippen molar-refractivity contribution in [2.24, 2.45) is 0 Å². The lowest BCUT2D eigenvalue weighted by Crippen LogP contribution is -2.28. The SMILES string of the molecule is COc1ccccc1C1=CCN(Cc2cn[nH]c2-c2ccc(Cl)cc2)CC1. The molecule has 2 heterocycles. The van der Waals surface area contributed by atoms with Crippen LogP contribution in [0.5, 0.6) is 5.75 Å². The largest absolute Gasteiger partial charge is 0.496 e. The van der Waals surface area contributed by atoms with Crippen molar-refractivity contribution >= 4 is 17.2 Å². The van der Waals surface area contributed by atoms with Gasteiger partial charge in [0.1, 0.15) is 5.75 Å². The molecule has 0 saturated heterocycles. The van der Waals surface area contributed by atoms with E-state index in [9.17, 15) is 0 Å². The molecule has 0 fully saturated rings. The highest BCUT2D eigenvalue weighted by Crippen LogP contribution is 2.31. The Labute approximate surface area is 164 Å². The summed E-state index contributed by atoms with van der Waals surface area (Å²) in [4.78, 5) is 2.43. The number of para-hydroxylation sites is 1. The molecule has 0 aliphatic carbocycles. The Morgan fingerprint density at radius 1 is 1.15 bits per heavy atom. The van der Waals surface area contributed by atoms with Crippen molar-refractivity contribution < 1.29 is 4.74 Å². The van der Waals surface area contributed by atoms with Gasteiger partial charge in [0.25, 0.3) is 0 Å². The van der Waals surface area contributed by atoms with Crippen LogP contribution in [0.25, 0.3) is 16.8 Å². The van der Waals surface area contributed by atoms with E-state index in [1.165, 1.54) is 16.7 Å². The number of rotatable bonds is 5. The molecule has 0 saturated carbocycles. The Balaban J connectivity index is 1.48. The van der Waals surface area contributed by atoms with Gasteiger partial charge < -0.3 is 4.74 Å². The second-order valence-corrected chi connectivity index (χ2v) is 7.13. The van der Waals surface area contributed by atoms with E-state index < -0.39 is 0 Å². The number of H-pyrrole nitrogens is 1. The van der Waals surface area contributed by atoms with Crippen LogP contribution in [-0.4, -0.2) is 35.3 Å². The lowest BCUT2D eigenvalue weighted by Gasteiger charge is -2.27. The molecule has 0 bridgehead atoms. The summed E-state index contributed by atoms with van der Waals surface area (Å²) in [6.45, 7) is 2.79. The quantitative estimate of drug-likeness (QED) is 0.676. The van der Waals surface area contributed by atoms with E-state index in [-0.39, 0.29) is 0 Å². The highest BCUT2D eigenvalue weighted by Gasteiger charge is 2.17. The van der Waals surface area contributed by atoms with Crippen LogP contribution in [0.4, 0.5) is 0 Å². The normalized spacial score (nSPS) is 14.8. The lowest BCUT2D eigenvalue weighted by atomic mass is 9.98. The number of hydrogen-bond acceptors (Lipinski definition) is 3. The maximum atomic E-state index is 6.00. The van der Waals surface area contributed by atoms with Crippen molar-refractivity contribution in [3.05, 3.63) is 77.0 Å². The number of aromatic amines is 1. The zero-order valence-corrected chi connectivity index (χ0v) is 16.0. The first kappa shape index (κ1) is 17.8. The molecule has 138 valence electrons. The lowest BCUT2D eigenvalue weighted by molar-refractivity contribution is 0.294. The molecule has 0 radical (unpaired) electrons. The van der Waals surface area contributed by atoms with Crippen molar-refractivity contribution in [2.45, 2.75) is 13.0 Å². The van der Waals surface area contributed by atoms with Gasteiger partial charge in [-0.2, -0.15) is 5.10 Å². The molecule has 1 N–H and O–H groups in total. The second kappa shape index (κ2) is 7.99. The zero-order valence-electron chi connectivity index (χ0n) is 15.3. The highest BCUT2D eigenvalue weighted by molar-refractivity contribution is 6.30. The fourth-order valence-corrected chi connectivity index (χ4v) is 3.67. The van der Waals surface area contributed by atoms with Crippen molar-refractivity contribution in [3.63, 3.8) is 0 Å². The molecule has 1 aromatic heterocycles. The van der Waals surface area contributed by atoms with Gasteiger partial charge in [-0.25, -0.2) is 0 Å². The number of aromatic nitrogens is 2. The van der Waals surface area contributed by atoms with E-state index in [2.05, 4.69) is 33.3 Å². The van der Waals surface area contributed by atoms with Crippen LogP contribution in [0.1, 0.15) is 17.5 Å². The van der Waals surface area contributed by atoms with E-state index in [0.29, 0.717) is 0 Å². The van der Waals surface area contributed by atoms with Crippen molar-refractivity contribution in [2.75, 3.05) is 20.2 Å². The van der Waals surface area contributed by atoms with E-state index >= 15 is 0 Å². The van der Waals surface area contributed by atoms with Gasteiger partial charge in [0.2, 0.25) is 0 Å². The van der Waals surface area contributed by atoms with Crippen LogP contribution < -0.4 is 4.74 Å². The monoisotopic (exact) mass is 379 g/mol. The van der Waals surface area contributed by atoms with Gasteiger partial charge in [0.15, 0.2) is 0 Å². The summed E-state index contributed by atoms with van der Waals surface area (Å²) in [5.74, 6) is 0.942. The molecule has 0 atom stereocenters. The van der Waals surface area contributed by atoms with Gasteiger partial charge in [-0.3, -0.25) is 10.00 Å². The third kappa shape index (κ3) is 3.92. The van der Waals surface area contributed by atoms with E-state index in [1.807, 2.05) is 42.6 Å². The predicted molar refractivity (Wildman–Crippen MR) is 110 cm³/mol. The molecule has 0 unspecified atom stereocenters. The van der Waals surface area contributed by atoms with Crippen molar-refractivity contribution in [3.8, 4) is 17.0 Å². The van der Waals surface area contributed by atoms with Gasteiger partial charge in [-0.1, -0.05) is 48.0 Å². The molecular weight excluding hydrogens is 358 g/mol. The maximum Gasteiger partial charge on any atom is 0.126 e. The van der Waals surface area contributed by atoms with Crippen molar-refractivity contribution in [1.82, 2.24) is 15.1 Å².